The number of nitrogens with zero attached hydrogens (tertiary/aromatic N) is 4. The van der Waals surface area contributed by atoms with Crippen molar-refractivity contribution in [3.05, 3.63) is 203 Å². The zero-order valence-corrected chi connectivity index (χ0v) is 34.0. The first-order chi connectivity index (χ1) is 29.2. The van der Waals surface area contributed by atoms with E-state index in [0.29, 0.717) is 5.71 Å². The Labute approximate surface area is 348 Å². The molecular formula is C54H48N4O. The highest BCUT2D eigenvalue weighted by Crippen LogP contribution is 2.36. The van der Waals surface area contributed by atoms with Crippen molar-refractivity contribution in [1.29, 1.82) is 0 Å². The summed E-state index contributed by atoms with van der Waals surface area (Å²) in [6, 6.07) is 48.8. The first-order valence-electron chi connectivity index (χ1n) is 21.1. The summed E-state index contributed by atoms with van der Waals surface area (Å²) in [6.07, 6.45) is 11.3. The summed E-state index contributed by atoms with van der Waals surface area (Å²) in [5, 5.41) is 2.01. The van der Waals surface area contributed by atoms with Crippen LogP contribution in [0, 0.1) is 6.92 Å². The van der Waals surface area contributed by atoms with E-state index >= 15 is 0 Å². The standard InChI is InChI=1S/C54H48N4O/c1-36(2)49-32-52(48-16-10-15-46-47-26-17-37(3)58-54(47)59-53(46)48)57-35-45(49)25-22-42-30-40(20-18-38-23-27-50(55-33-38)43-11-6-4-7-12-43)29-41(31-42)21-19-39-24-28-51(56-34-39)44-13-8-5-9-14-44/h4-17,23-24,26-36H,18-22,25H2,1-3H3/i36D. The van der Waals surface area contributed by atoms with Gasteiger partial charge in [0.1, 0.15) is 5.58 Å². The number of fused-ring (bicyclic) bond motifs is 3. The largest absolute Gasteiger partial charge is 0.437 e. The Morgan fingerprint density at radius 1 is 0.508 bits per heavy atom. The van der Waals surface area contributed by atoms with Gasteiger partial charge in [-0.15, -0.1) is 0 Å². The molecule has 5 aromatic heterocycles. The molecule has 290 valence electrons. The second-order valence-corrected chi connectivity index (χ2v) is 15.8. The average molecular weight is 770 g/mol. The van der Waals surface area contributed by atoms with Crippen LogP contribution in [0.3, 0.4) is 0 Å². The average Bonchev–Trinajstić information content (AvgIpc) is 3.65. The normalized spacial score (nSPS) is 11.9. The summed E-state index contributed by atoms with van der Waals surface area (Å²) < 4.78 is 15.6. The lowest BCUT2D eigenvalue weighted by molar-refractivity contribution is 0.653. The van der Waals surface area contributed by atoms with Gasteiger partial charge in [-0.2, -0.15) is 0 Å². The van der Waals surface area contributed by atoms with Gasteiger partial charge in [-0.1, -0.05) is 117 Å². The smallest absolute Gasteiger partial charge is 0.227 e. The van der Waals surface area contributed by atoms with Crippen LogP contribution < -0.4 is 0 Å². The van der Waals surface area contributed by atoms with Gasteiger partial charge in [-0.25, -0.2) is 4.98 Å². The summed E-state index contributed by atoms with van der Waals surface area (Å²) in [4.78, 5) is 19.2. The molecule has 5 nitrogen and oxygen atoms in total. The molecule has 9 aromatic rings. The summed E-state index contributed by atoms with van der Waals surface area (Å²) in [7, 11) is 0. The Bertz CT molecular complexity index is 2790. The van der Waals surface area contributed by atoms with Crippen LogP contribution in [-0.2, 0) is 38.5 Å². The third-order valence-corrected chi connectivity index (χ3v) is 11.3. The lowest BCUT2D eigenvalue weighted by Gasteiger charge is -2.16. The third kappa shape index (κ3) is 8.61. The molecule has 0 amide bonds. The second kappa shape index (κ2) is 17.0. The third-order valence-electron chi connectivity index (χ3n) is 11.3. The molecule has 0 atom stereocenters. The first-order valence-corrected chi connectivity index (χ1v) is 20.6. The Balaban J connectivity index is 0.971. The van der Waals surface area contributed by atoms with Crippen molar-refractivity contribution in [2.24, 2.45) is 0 Å². The number of pyridine rings is 4. The van der Waals surface area contributed by atoms with E-state index in [9.17, 15) is 1.37 Å². The molecular weight excluding hydrogens is 721 g/mol. The van der Waals surface area contributed by atoms with Gasteiger partial charge in [0.15, 0.2) is 0 Å². The molecule has 0 spiro atoms. The Kier molecular flexibility index (Phi) is 10.6. The van der Waals surface area contributed by atoms with E-state index in [2.05, 4.69) is 120 Å². The predicted octanol–water partition coefficient (Wildman–Crippen LogP) is 13.0. The molecule has 4 aromatic carbocycles. The van der Waals surface area contributed by atoms with Crippen molar-refractivity contribution >= 4 is 22.1 Å². The zero-order chi connectivity index (χ0) is 41.1. The van der Waals surface area contributed by atoms with E-state index < -0.39 is 5.89 Å². The van der Waals surface area contributed by atoms with E-state index in [1.807, 2.05) is 63.6 Å². The fourth-order valence-corrected chi connectivity index (χ4v) is 8.10. The molecule has 0 N–H and O–H groups in total. The van der Waals surface area contributed by atoms with Crippen molar-refractivity contribution in [3.8, 4) is 33.8 Å². The van der Waals surface area contributed by atoms with E-state index in [0.717, 1.165) is 105 Å². The molecule has 0 aliphatic carbocycles. The Hall–Kier alpha value is -6.72. The minimum atomic E-state index is -0.825. The van der Waals surface area contributed by atoms with Gasteiger partial charge in [0, 0.05) is 53.1 Å². The second-order valence-electron chi connectivity index (χ2n) is 15.8. The molecule has 5 heterocycles. The monoisotopic (exact) mass is 769 g/mol. The highest BCUT2D eigenvalue weighted by Gasteiger charge is 2.17. The summed E-state index contributed by atoms with van der Waals surface area (Å²) >= 11 is 0. The molecule has 0 radical (unpaired) electrons. The molecule has 0 bridgehead atoms. The van der Waals surface area contributed by atoms with Crippen molar-refractivity contribution in [3.63, 3.8) is 0 Å². The number of hydrogen-bond acceptors (Lipinski definition) is 5. The highest BCUT2D eigenvalue weighted by atomic mass is 16.3. The molecule has 0 aliphatic heterocycles. The molecule has 59 heavy (non-hydrogen) atoms. The summed E-state index contributed by atoms with van der Waals surface area (Å²) in [6.45, 7) is 5.90. The first kappa shape index (κ1) is 36.6. The van der Waals surface area contributed by atoms with Crippen molar-refractivity contribution in [2.75, 3.05) is 0 Å². The fraction of sp³-hybridized carbons (Fsp3) is 0.185. The molecule has 0 saturated heterocycles. The number of benzene rings is 4. The van der Waals surface area contributed by atoms with E-state index in [4.69, 9.17) is 19.4 Å². The van der Waals surface area contributed by atoms with Gasteiger partial charge < -0.3 is 4.42 Å². The summed E-state index contributed by atoms with van der Waals surface area (Å²) in [5.74, 6) is -0.825. The van der Waals surface area contributed by atoms with Gasteiger partial charge in [0.25, 0.3) is 0 Å². The maximum Gasteiger partial charge on any atom is 0.227 e. The minimum absolute atomic E-state index is 0.631. The van der Waals surface area contributed by atoms with Crippen LogP contribution in [0.15, 0.2) is 163 Å². The van der Waals surface area contributed by atoms with Crippen LogP contribution in [0.2, 0.25) is 0 Å². The maximum absolute atomic E-state index is 9.22. The number of hydrogen-bond donors (Lipinski definition) is 0. The Morgan fingerprint density at radius 3 is 1.63 bits per heavy atom. The van der Waals surface area contributed by atoms with Gasteiger partial charge in [-0.05, 0) is 127 Å². The lowest BCUT2D eigenvalue weighted by Crippen LogP contribution is -2.03. The van der Waals surface area contributed by atoms with Crippen molar-refractivity contribution < 1.29 is 5.79 Å². The fourth-order valence-electron chi connectivity index (χ4n) is 8.10. The van der Waals surface area contributed by atoms with Gasteiger partial charge in [0.05, 0.1) is 17.1 Å². The quantitative estimate of drug-likeness (QED) is 0.117. The van der Waals surface area contributed by atoms with Crippen LogP contribution in [-0.4, -0.2) is 19.9 Å². The lowest BCUT2D eigenvalue weighted by atomic mass is 9.91. The van der Waals surface area contributed by atoms with Crippen molar-refractivity contribution in [1.82, 2.24) is 19.9 Å². The number of aromatic nitrogens is 4. The van der Waals surface area contributed by atoms with Crippen LogP contribution in [0.4, 0.5) is 0 Å². The molecule has 0 saturated carbocycles. The number of para-hydroxylation sites is 1. The molecule has 0 fully saturated rings. The molecule has 5 heteroatoms. The SMILES string of the molecule is [2H]C(C)(C)c1cc(-c2cccc3c2oc2nc(C)ccc23)ncc1CCc1cc(CCc2ccc(-c3ccccc3)nc2)cc(CCc2ccc(-c3ccccc3)nc2)c1. The number of aryl methyl sites for hydroxylation is 7. The van der Waals surface area contributed by atoms with E-state index in [1.165, 1.54) is 27.8 Å². The van der Waals surface area contributed by atoms with Gasteiger partial charge >= 0.3 is 0 Å². The zero-order valence-electron chi connectivity index (χ0n) is 35.0. The van der Waals surface area contributed by atoms with E-state index in [1.54, 1.807) is 0 Å². The summed E-state index contributed by atoms with van der Waals surface area (Å²) in [5.41, 5.74) is 16.7. The number of furan rings is 1. The van der Waals surface area contributed by atoms with Crippen LogP contribution >= 0.6 is 0 Å². The maximum atomic E-state index is 9.22. The molecule has 9 rings (SSSR count). The van der Waals surface area contributed by atoms with E-state index in [-0.39, 0.29) is 0 Å². The predicted molar refractivity (Wildman–Crippen MR) is 242 cm³/mol. The van der Waals surface area contributed by atoms with Gasteiger partial charge in [0.2, 0.25) is 5.71 Å². The topological polar surface area (TPSA) is 64.7 Å². The number of rotatable bonds is 13. The molecule has 0 unspecified atom stereocenters. The van der Waals surface area contributed by atoms with Crippen LogP contribution in [0.25, 0.3) is 55.8 Å². The van der Waals surface area contributed by atoms with Crippen molar-refractivity contribution in [2.45, 2.75) is 65.2 Å². The van der Waals surface area contributed by atoms with Gasteiger partial charge in [-0.3, -0.25) is 15.0 Å². The Morgan fingerprint density at radius 2 is 1.07 bits per heavy atom. The highest BCUT2D eigenvalue weighted by molar-refractivity contribution is 6.08. The minimum Gasteiger partial charge on any atom is -0.437 e. The molecule has 0 aliphatic rings. The van der Waals surface area contributed by atoms with Crippen LogP contribution in [0.5, 0.6) is 0 Å². The van der Waals surface area contributed by atoms with Crippen LogP contribution in [0.1, 0.15) is 65.8 Å².